The van der Waals surface area contributed by atoms with Gasteiger partial charge in [0.05, 0.1) is 30.1 Å². The Morgan fingerprint density at radius 3 is 3.05 bits per heavy atom. The van der Waals surface area contributed by atoms with Crippen LogP contribution in [-0.4, -0.2) is 34.6 Å². The zero-order valence-electron chi connectivity index (χ0n) is 11.5. The van der Waals surface area contributed by atoms with Gasteiger partial charge in [0.2, 0.25) is 0 Å². The van der Waals surface area contributed by atoms with Crippen molar-refractivity contribution >= 4 is 17.3 Å². The van der Waals surface area contributed by atoms with E-state index in [1.165, 1.54) is 4.68 Å². The topological polar surface area (TPSA) is 82.2 Å². The molecule has 1 aromatic heterocycles. The molecule has 1 aromatic rings. The van der Waals surface area contributed by atoms with E-state index in [2.05, 4.69) is 10.4 Å². The first-order chi connectivity index (χ1) is 9.50. The van der Waals surface area contributed by atoms with Gasteiger partial charge in [0.15, 0.2) is 0 Å². The fourth-order valence-corrected chi connectivity index (χ4v) is 3.21. The van der Waals surface area contributed by atoms with E-state index in [0.717, 1.165) is 13.0 Å². The van der Waals surface area contributed by atoms with Crippen molar-refractivity contribution in [3.8, 4) is 0 Å². The Kier molecular flexibility index (Phi) is 3.48. The van der Waals surface area contributed by atoms with E-state index in [4.69, 9.17) is 22.1 Å². The highest BCUT2D eigenvalue weighted by Gasteiger charge is 2.52. The summed E-state index contributed by atoms with van der Waals surface area (Å²) in [6.07, 6.45) is 2.71. The van der Waals surface area contributed by atoms with Gasteiger partial charge in [-0.1, -0.05) is 11.6 Å². The molecule has 0 spiro atoms. The Morgan fingerprint density at radius 1 is 1.60 bits per heavy atom. The quantitative estimate of drug-likeness (QED) is 0.870. The largest absolute Gasteiger partial charge is 0.376 e. The average Bonchev–Trinajstić information content (AvgIpc) is 2.84. The maximum atomic E-state index is 12.1. The van der Waals surface area contributed by atoms with Crippen LogP contribution in [0.4, 0.5) is 5.69 Å². The lowest BCUT2D eigenvalue weighted by molar-refractivity contribution is 0.00536. The number of hydrogen-bond acceptors (Lipinski definition) is 5. The van der Waals surface area contributed by atoms with Crippen molar-refractivity contribution < 1.29 is 4.74 Å². The molecule has 0 bridgehead atoms. The van der Waals surface area contributed by atoms with Crippen LogP contribution in [0.2, 0.25) is 5.02 Å². The predicted molar refractivity (Wildman–Crippen MR) is 77.1 cm³/mol. The second-order valence-corrected chi connectivity index (χ2v) is 6.13. The summed E-state index contributed by atoms with van der Waals surface area (Å²) in [5, 5.41) is 7.51. The smallest absolute Gasteiger partial charge is 0.287 e. The molecule has 0 aromatic carbocycles. The predicted octanol–water partition coefficient (Wildman–Crippen LogP) is 1.00. The lowest BCUT2D eigenvalue weighted by Crippen LogP contribution is -2.65. The minimum atomic E-state index is -0.288. The van der Waals surface area contributed by atoms with Crippen molar-refractivity contribution in [2.75, 3.05) is 11.9 Å². The number of nitrogens with two attached hydrogens (primary N) is 1. The molecule has 6 nitrogen and oxygen atoms in total. The number of nitrogens with zero attached hydrogens (tertiary/aromatic N) is 2. The van der Waals surface area contributed by atoms with Crippen LogP contribution in [0.15, 0.2) is 11.0 Å². The van der Waals surface area contributed by atoms with Gasteiger partial charge in [0, 0.05) is 18.6 Å². The lowest BCUT2D eigenvalue weighted by Gasteiger charge is -2.46. The number of nitrogens with one attached hydrogen (secondary N) is 1. The highest BCUT2D eigenvalue weighted by Crippen LogP contribution is 2.39. The molecule has 7 heteroatoms. The van der Waals surface area contributed by atoms with Crippen LogP contribution in [0.1, 0.15) is 26.3 Å². The Morgan fingerprint density at radius 2 is 2.35 bits per heavy atom. The molecule has 4 unspecified atom stereocenters. The molecule has 110 valence electrons. The summed E-state index contributed by atoms with van der Waals surface area (Å²) >= 11 is 6.14. The Labute approximate surface area is 122 Å². The molecular formula is C13H19ClN4O2. The zero-order chi connectivity index (χ0) is 14.4. The van der Waals surface area contributed by atoms with Crippen molar-refractivity contribution in [2.24, 2.45) is 11.7 Å². The Bertz CT molecular complexity index is 574. The van der Waals surface area contributed by atoms with Gasteiger partial charge < -0.3 is 15.8 Å². The third kappa shape index (κ3) is 2.03. The summed E-state index contributed by atoms with van der Waals surface area (Å²) in [6.45, 7) is 4.52. The van der Waals surface area contributed by atoms with E-state index in [1.807, 2.05) is 13.8 Å². The van der Waals surface area contributed by atoms with Crippen LogP contribution in [0.3, 0.4) is 0 Å². The molecule has 3 rings (SSSR count). The summed E-state index contributed by atoms with van der Waals surface area (Å²) in [6, 6.07) is 0.00440. The van der Waals surface area contributed by atoms with E-state index in [9.17, 15) is 4.79 Å². The minimum absolute atomic E-state index is 0.00361. The standard InChI is InChI=1S/C13H19ClN4O2/c1-6(2)18-13(19)9(14)8(5-16-18)17-11-10(15)7-3-4-20-12(7)11/h5-7,10-12,17H,3-4,15H2,1-2H3. The first-order valence-corrected chi connectivity index (χ1v) is 7.29. The lowest BCUT2D eigenvalue weighted by atomic mass is 9.72. The van der Waals surface area contributed by atoms with Gasteiger partial charge >= 0.3 is 0 Å². The second-order valence-electron chi connectivity index (χ2n) is 5.75. The second kappa shape index (κ2) is 5.02. The van der Waals surface area contributed by atoms with E-state index in [1.54, 1.807) is 6.20 Å². The SMILES string of the molecule is CC(C)n1ncc(NC2C(N)C3CCOC32)c(Cl)c1=O. The summed E-state index contributed by atoms with van der Waals surface area (Å²) in [7, 11) is 0. The van der Waals surface area contributed by atoms with Crippen LogP contribution in [-0.2, 0) is 4.74 Å². The molecule has 1 aliphatic heterocycles. The summed E-state index contributed by atoms with van der Waals surface area (Å²) in [4.78, 5) is 12.1. The first kappa shape index (κ1) is 13.9. The van der Waals surface area contributed by atoms with Gasteiger partial charge in [0.1, 0.15) is 5.02 Å². The summed E-state index contributed by atoms with van der Waals surface area (Å²) < 4.78 is 7.01. The first-order valence-electron chi connectivity index (χ1n) is 6.91. The highest BCUT2D eigenvalue weighted by atomic mass is 35.5. The fourth-order valence-electron chi connectivity index (χ4n) is 3.02. The molecule has 0 amide bonds. The third-order valence-electron chi connectivity index (χ3n) is 4.20. The van der Waals surface area contributed by atoms with Crippen molar-refractivity contribution in [1.82, 2.24) is 9.78 Å². The van der Waals surface area contributed by atoms with Crippen molar-refractivity contribution in [2.45, 2.75) is 44.5 Å². The van der Waals surface area contributed by atoms with Crippen LogP contribution < -0.4 is 16.6 Å². The van der Waals surface area contributed by atoms with Crippen molar-refractivity contribution in [3.05, 3.63) is 21.6 Å². The number of ether oxygens (including phenoxy) is 1. The molecule has 3 N–H and O–H groups in total. The van der Waals surface area contributed by atoms with E-state index < -0.39 is 0 Å². The number of hydrogen-bond donors (Lipinski definition) is 2. The molecular weight excluding hydrogens is 280 g/mol. The summed E-state index contributed by atoms with van der Waals surface area (Å²) in [5.74, 6) is 0.412. The van der Waals surface area contributed by atoms with Crippen molar-refractivity contribution in [1.29, 1.82) is 0 Å². The number of fused-ring (bicyclic) bond motifs is 1. The molecule has 4 atom stereocenters. The van der Waals surface area contributed by atoms with E-state index >= 15 is 0 Å². The number of rotatable bonds is 3. The third-order valence-corrected chi connectivity index (χ3v) is 4.57. The van der Waals surface area contributed by atoms with Crippen LogP contribution >= 0.6 is 11.6 Å². The van der Waals surface area contributed by atoms with Gasteiger partial charge in [-0.15, -0.1) is 0 Å². The van der Waals surface area contributed by atoms with Crippen molar-refractivity contribution in [3.63, 3.8) is 0 Å². The monoisotopic (exact) mass is 298 g/mol. The number of halogens is 1. The van der Waals surface area contributed by atoms with E-state index in [-0.39, 0.29) is 34.8 Å². The normalized spacial score (nSPS) is 32.0. The number of aromatic nitrogens is 2. The fraction of sp³-hybridized carbons (Fsp3) is 0.692. The van der Waals surface area contributed by atoms with Gasteiger partial charge in [-0.2, -0.15) is 5.10 Å². The summed E-state index contributed by atoms with van der Waals surface area (Å²) in [5.41, 5.74) is 6.37. The van der Waals surface area contributed by atoms with Gasteiger partial charge in [-0.3, -0.25) is 4.79 Å². The average molecular weight is 299 g/mol. The Hall–Kier alpha value is -1.11. The molecule has 1 saturated carbocycles. The maximum Gasteiger partial charge on any atom is 0.287 e. The zero-order valence-corrected chi connectivity index (χ0v) is 12.3. The Balaban J connectivity index is 1.82. The van der Waals surface area contributed by atoms with Crippen LogP contribution in [0.25, 0.3) is 0 Å². The molecule has 0 radical (unpaired) electrons. The van der Waals surface area contributed by atoms with Crippen LogP contribution in [0.5, 0.6) is 0 Å². The highest BCUT2D eigenvalue weighted by molar-refractivity contribution is 6.32. The van der Waals surface area contributed by atoms with E-state index in [0.29, 0.717) is 11.6 Å². The molecule has 20 heavy (non-hydrogen) atoms. The minimum Gasteiger partial charge on any atom is -0.376 e. The van der Waals surface area contributed by atoms with Gasteiger partial charge in [-0.25, -0.2) is 4.68 Å². The molecule has 2 heterocycles. The maximum absolute atomic E-state index is 12.1. The molecule has 2 aliphatic rings. The molecule has 2 fully saturated rings. The van der Waals surface area contributed by atoms with Gasteiger partial charge in [0.25, 0.3) is 5.56 Å². The van der Waals surface area contributed by atoms with Crippen LogP contribution in [0, 0.1) is 5.92 Å². The molecule has 1 saturated heterocycles. The molecule has 1 aliphatic carbocycles. The van der Waals surface area contributed by atoms with Gasteiger partial charge in [-0.05, 0) is 20.3 Å². The number of anilines is 1.